The van der Waals surface area contributed by atoms with Crippen LogP contribution in [0, 0.1) is 5.92 Å². The van der Waals surface area contributed by atoms with E-state index < -0.39 is 0 Å². The second kappa shape index (κ2) is 4.01. The van der Waals surface area contributed by atoms with Crippen LogP contribution < -0.4 is 0 Å². The lowest BCUT2D eigenvalue weighted by Gasteiger charge is -2.37. The Morgan fingerprint density at radius 1 is 1.58 bits per heavy atom. The summed E-state index contributed by atoms with van der Waals surface area (Å²) in [6, 6.07) is 0. The van der Waals surface area contributed by atoms with Crippen molar-refractivity contribution in [3.05, 3.63) is 0 Å². The number of rotatable bonds is 2. The lowest BCUT2D eigenvalue weighted by atomic mass is 10.1. The molecule has 2 atom stereocenters. The van der Waals surface area contributed by atoms with Gasteiger partial charge in [-0.3, -0.25) is 0 Å². The normalized spacial score (nSPS) is 37.2. The molecule has 1 aliphatic heterocycles. The van der Waals surface area contributed by atoms with E-state index in [2.05, 4.69) is 39.5 Å². The van der Waals surface area contributed by atoms with Crippen molar-refractivity contribution in [1.82, 2.24) is 0 Å². The molecule has 72 valence electrons. The molecule has 0 aliphatic carbocycles. The molecule has 12 heavy (non-hydrogen) atoms. The van der Waals surface area contributed by atoms with Crippen LogP contribution in [0.25, 0.3) is 0 Å². The van der Waals surface area contributed by atoms with Crippen LogP contribution >= 0.6 is 11.8 Å². The minimum absolute atomic E-state index is 0.149. The van der Waals surface area contributed by atoms with Crippen LogP contribution in [0.3, 0.4) is 0 Å². The van der Waals surface area contributed by atoms with E-state index in [-0.39, 0.29) is 5.60 Å². The molecule has 1 unspecified atom stereocenters. The van der Waals surface area contributed by atoms with Crippen molar-refractivity contribution in [2.24, 2.45) is 5.92 Å². The van der Waals surface area contributed by atoms with Crippen molar-refractivity contribution in [2.75, 3.05) is 12.4 Å². The van der Waals surface area contributed by atoms with Gasteiger partial charge in [-0.15, -0.1) is 0 Å². The van der Waals surface area contributed by atoms with Crippen LogP contribution in [-0.2, 0) is 4.74 Å². The molecule has 0 radical (unpaired) electrons. The van der Waals surface area contributed by atoms with Gasteiger partial charge in [-0.05, 0) is 19.3 Å². The lowest BCUT2D eigenvalue weighted by molar-refractivity contribution is -0.0257. The first-order chi connectivity index (χ1) is 5.57. The van der Waals surface area contributed by atoms with Crippen molar-refractivity contribution in [3.63, 3.8) is 0 Å². The van der Waals surface area contributed by atoms with Crippen LogP contribution in [0.5, 0.6) is 0 Å². The fourth-order valence-electron chi connectivity index (χ4n) is 1.25. The van der Waals surface area contributed by atoms with Gasteiger partial charge in [0.25, 0.3) is 0 Å². The van der Waals surface area contributed by atoms with Crippen LogP contribution in [0.4, 0.5) is 0 Å². The first kappa shape index (κ1) is 10.4. The minimum Gasteiger partial charge on any atom is -0.373 e. The molecule has 2 heteroatoms. The Balaban J connectivity index is 2.39. The molecule has 0 aromatic carbocycles. The molecule has 1 heterocycles. The molecule has 0 spiro atoms. The number of thioether (sulfide) groups is 1. The van der Waals surface area contributed by atoms with Gasteiger partial charge in [0.15, 0.2) is 0 Å². The SMILES string of the molecule is CCC1(C)CS[C@H](C(C)C)CO1. The van der Waals surface area contributed by atoms with Gasteiger partial charge in [-0.2, -0.15) is 11.8 Å². The molecule has 1 fully saturated rings. The van der Waals surface area contributed by atoms with Gasteiger partial charge in [0.1, 0.15) is 0 Å². The van der Waals surface area contributed by atoms with Gasteiger partial charge in [-0.1, -0.05) is 20.8 Å². The van der Waals surface area contributed by atoms with Crippen LogP contribution in [0.1, 0.15) is 34.1 Å². The van der Waals surface area contributed by atoms with E-state index >= 15 is 0 Å². The largest absolute Gasteiger partial charge is 0.373 e. The number of hydrogen-bond acceptors (Lipinski definition) is 2. The average molecular weight is 188 g/mol. The average Bonchev–Trinajstić information content (AvgIpc) is 2.05. The Hall–Kier alpha value is 0.310. The highest BCUT2D eigenvalue weighted by Gasteiger charge is 2.31. The van der Waals surface area contributed by atoms with E-state index in [1.54, 1.807) is 0 Å². The molecule has 1 rings (SSSR count). The first-order valence-corrected chi connectivity index (χ1v) is 5.88. The van der Waals surface area contributed by atoms with Gasteiger partial charge in [0, 0.05) is 11.0 Å². The maximum absolute atomic E-state index is 5.87. The maximum atomic E-state index is 5.87. The molecule has 0 aromatic heterocycles. The third-order valence-electron chi connectivity index (χ3n) is 2.69. The van der Waals surface area contributed by atoms with E-state index in [0.29, 0.717) is 5.25 Å². The highest BCUT2D eigenvalue weighted by molar-refractivity contribution is 8.00. The summed E-state index contributed by atoms with van der Waals surface area (Å²) in [5.74, 6) is 1.91. The Bertz CT molecular complexity index is 137. The summed E-state index contributed by atoms with van der Waals surface area (Å²) in [5.41, 5.74) is 0.149. The fourth-order valence-corrected chi connectivity index (χ4v) is 2.65. The molecule has 0 aromatic rings. The molecule has 0 N–H and O–H groups in total. The van der Waals surface area contributed by atoms with Crippen molar-refractivity contribution in [3.8, 4) is 0 Å². The third kappa shape index (κ3) is 2.40. The summed E-state index contributed by atoms with van der Waals surface area (Å²) in [5, 5.41) is 0.713. The van der Waals surface area contributed by atoms with Crippen molar-refractivity contribution in [1.29, 1.82) is 0 Å². The lowest BCUT2D eigenvalue weighted by Crippen LogP contribution is -2.40. The highest BCUT2D eigenvalue weighted by Crippen LogP contribution is 2.33. The summed E-state index contributed by atoms with van der Waals surface area (Å²) in [6.07, 6.45) is 1.13. The Morgan fingerprint density at radius 3 is 2.58 bits per heavy atom. The molecule has 0 amide bonds. The first-order valence-electron chi connectivity index (χ1n) is 4.83. The molecule has 1 saturated heterocycles. The van der Waals surface area contributed by atoms with Crippen molar-refractivity contribution in [2.45, 2.75) is 45.0 Å². The zero-order chi connectivity index (χ0) is 9.19. The van der Waals surface area contributed by atoms with Crippen molar-refractivity contribution >= 4 is 11.8 Å². The second-order valence-corrected chi connectivity index (χ2v) is 5.44. The van der Waals surface area contributed by atoms with Crippen LogP contribution in [0.15, 0.2) is 0 Å². The molecule has 0 saturated carbocycles. The molecule has 1 aliphatic rings. The zero-order valence-electron chi connectivity index (χ0n) is 8.59. The monoisotopic (exact) mass is 188 g/mol. The predicted octanol–water partition coefficient (Wildman–Crippen LogP) is 2.94. The highest BCUT2D eigenvalue weighted by atomic mass is 32.2. The summed E-state index contributed by atoms with van der Waals surface area (Å²) in [7, 11) is 0. The Morgan fingerprint density at radius 2 is 2.25 bits per heavy atom. The Kier molecular flexibility index (Phi) is 3.47. The number of ether oxygens (including phenoxy) is 1. The molecule has 0 bridgehead atoms. The third-order valence-corrected chi connectivity index (χ3v) is 4.58. The maximum Gasteiger partial charge on any atom is 0.0742 e. The Labute approximate surface area is 80.3 Å². The summed E-state index contributed by atoms with van der Waals surface area (Å²) in [4.78, 5) is 0. The quantitative estimate of drug-likeness (QED) is 0.659. The van der Waals surface area contributed by atoms with E-state index in [9.17, 15) is 0 Å². The van der Waals surface area contributed by atoms with Gasteiger partial charge in [-0.25, -0.2) is 0 Å². The minimum atomic E-state index is 0.149. The molecular weight excluding hydrogens is 168 g/mol. The van der Waals surface area contributed by atoms with Crippen LogP contribution in [0.2, 0.25) is 0 Å². The topological polar surface area (TPSA) is 9.23 Å². The van der Waals surface area contributed by atoms with Crippen molar-refractivity contribution < 1.29 is 4.74 Å². The molecule has 1 nitrogen and oxygen atoms in total. The smallest absolute Gasteiger partial charge is 0.0742 e. The summed E-state index contributed by atoms with van der Waals surface area (Å²) < 4.78 is 5.87. The van der Waals surface area contributed by atoms with E-state index in [4.69, 9.17) is 4.74 Å². The fraction of sp³-hybridized carbons (Fsp3) is 1.00. The summed E-state index contributed by atoms with van der Waals surface area (Å²) in [6.45, 7) is 9.91. The van der Waals surface area contributed by atoms with Crippen LogP contribution in [-0.4, -0.2) is 23.2 Å². The van der Waals surface area contributed by atoms with E-state index in [1.807, 2.05) is 0 Å². The predicted molar refractivity (Wildman–Crippen MR) is 55.7 cm³/mol. The van der Waals surface area contributed by atoms with E-state index in [1.165, 1.54) is 0 Å². The van der Waals surface area contributed by atoms with Gasteiger partial charge in [0.2, 0.25) is 0 Å². The standard InChI is InChI=1S/C10H20OS/c1-5-10(4)7-12-9(6-11-10)8(2)3/h8-9H,5-7H2,1-4H3/t9-,10?/m0/s1. The van der Waals surface area contributed by atoms with Gasteiger partial charge < -0.3 is 4.74 Å². The summed E-state index contributed by atoms with van der Waals surface area (Å²) >= 11 is 2.08. The number of hydrogen-bond donors (Lipinski definition) is 0. The van der Waals surface area contributed by atoms with Gasteiger partial charge >= 0.3 is 0 Å². The molecular formula is C10H20OS. The van der Waals surface area contributed by atoms with Gasteiger partial charge in [0.05, 0.1) is 12.2 Å². The zero-order valence-corrected chi connectivity index (χ0v) is 9.41. The second-order valence-electron chi connectivity index (χ2n) is 4.21. The van der Waals surface area contributed by atoms with E-state index in [0.717, 1.165) is 24.7 Å².